The number of carbonyl (C=O) groups excluding carboxylic acids is 1. The summed E-state index contributed by atoms with van der Waals surface area (Å²) in [4.78, 5) is 13.1. The number of nitrogens with one attached hydrogen (secondary N) is 1. The van der Waals surface area contributed by atoms with Gasteiger partial charge in [-0.05, 0) is 54.7 Å². The molecule has 172 valence electrons. The van der Waals surface area contributed by atoms with E-state index in [-0.39, 0.29) is 29.8 Å². The van der Waals surface area contributed by atoms with Crippen molar-refractivity contribution < 1.29 is 17.6 Å². The first kappa shape index (κ1) is 22.9. The van der Waals surface area contributed by atoms with E-state index in [0.29, 0.717) is 6.42 Å². The lowest BCUT2D eigenvalue weighted by Crippen LogP contribution is -2.43. The second-order valence-corrected chi connectivity index (χ2v) is 10.7. The molecule has 0 radical (unpaired) electrons. The number of nitrogens with zero attached hydrogens (tertiary/aromatic N) is 1. The van der Waals surface area contributed by atoms with Crippen molar-refractivity contribution in [1.29, 1.82) is 0 Å². The number of carbonyl (C=O) groups is 1. The molecule has 0 aromatic heterocycles. The average molecular weight is 459 g/mol. The molecule has 32 heavy (non-hydrogen) atoms. The first-order chi connectivity index (χ1) is 15.4. The smallest absolute Gasteiger partial charge is 0.243 e. The molecular formula is C25H31FN2O3S. The van der Waals surface area contributed by atoms with Crippen molar-refractivity contribution >= 4 is 15.9 Å². The first-order valence-corrected chi connectivity index (χ1v) is 13.0. The first-order valence-electron chi connectivity index (χ1n) is 11.6. The minimum absolute atomic E-state index is 0.0451. The van der Waals surface area contributed by atoms with Crippen LogP contribution in [0.2, 0.25) is 0 Å². The van der Waals surface area contributed by atoms with Crippen LogP contribution in [-0.2, 0) is 21.2 Å². The highest BCUT2D eigenvalue weighted by atomic mass is 32.2. The number of amides is 1. The highest BCUT2D eigenvalue weighted by Crippen LogP contribution is 2.36. The molecule has 1 fully saturated rings. The Labute approximate surface area is 190 Å². The van der Waals surface area contributed by atoms with Gasteiger partial charge in [0.15, 0.2) is 0 Å². The monoisotopic (exact) mass is 458 g/mol. The van der Waals surface area contributed by atoms with Crippen LogP contribution in [0, 0.1) is 5.82 Å². The number of halogens is 1. The predicted octanol–water partition coefficient (Wildman–Crippen LogP) is 4.73. The maximum Gasteiger partial charge on any atom is 0.243 e. The lowest BCUT2D eigenvalue weighted by atomic mass is 9.92. The summed E-state index contributed by atoms with van der Waals surface area (Å²) in [6.07, 6.45) is 8.50. The summed E-state index contributed by atoms with van der Waals surface area (Å²) in [6.45, 7) is 0.290. The standard InChI is InChI=1S/C25H31FN2O3S/c26-20-12-14-22(15-13-20)32(30,31)28-17-16-19-8-6-7-11-23(19)24(28)18-25(29)27-21-9-4-2-1-3-5-10-21/h6-8,11-15,21,24H,1-5,9-10,16-18H2,(H,27,29)/t24-/m0/s1. The van der Waals surface area contributed by atoms with E-state index in [2.05, 4.69) is 5.32 Å². The Morgan fingerprint density at radius 2 is 1.62 bits per heavy atom. The maximum absolute atomic E-state index is 13.4. The van der Waals surface area contributed by atoms with Gasteiger partial charge in [-0.25, -0.2) is 12.8 Å². The van der Waals surface area contributed by atoms with Crippen LogP contribution in [0.1, 0.15) is 68.5 Å². The van der Waals surface area contributed by atoms with Crippen molar-refractivity contribution in [1.82, 2.24) is 9.62 Å². The van der Waals surface area contributed by atoms with Crippen molar-refractivity contribution in [3.8, 4) is 0 Å². The Balaban J connectivity index is 1.58. The number of benzene rings is 2. The third-order valence-corrected chi connectivity index (χ3v) is 8.55. The summed E-state index contributed by atoms with van der Waals surface area (Å²) in [5.41, 5.74) is 1.94. The molecule has 2 aliphatic rings. The third kappa shape index (κ3) is 5.21. The fourth-order valence-electron chi connectivity index (χ4n) is 4.93. The fourth-order valence-corrected chi connectivity index (χ4v) is 6.54. The molecule has 0 bridgehead atoms. The van der Waals surface area contributed by atoms with Gasteiger partial charge in [-0.1, -0.05) is 56.4 Å². The van der Waals surface area contributed by atoms with Crippen LogP contribution in [0.25, 0.3) is 0 Å². The second-order valence-electron chi connectivity index (χ2n) is 8.85. The second kappa shape index (κ2) is 10.1. The lowest BCUT2D eigenvalue weighted by Gasteiger charge is -2.36. The molecule has 1 heterocycles. The van der Waals surface area contributed by atoms with Crippen molar-refractivity contribution in [3.63, 3.8) is 0 Å². The Morgan fingerprint density at radius 1 is 0.969 bits per heavy atom. The molecule has 4 rings (SSSR count). The SMILES string of the molecule is O=C(C[C@H]1c2ccccc2CCN1S(=O)(=O)c1ccc(F)cc1)NC1CCCCCCC1. The molecule has 1 amide bonds. The van der Waals surface area contributed by atoms with Gasteiger partial charge in [0.2, 0.25) is 15.9 Å². The summed E-state index contributed by atoms with van der Waals surface area (Å²) >= 11 is 0. The Hall–Kier alpha value is -2.25. The average Bonchev–Trinajstić information content (AvgIpc) is 2.76. The molecule has 1 aliphatic heterocycles. The van der Waals surface area contributed by atoms with Gasteiger partial charge < -0.3 is 5.32 Å². The molecule has 0 spiro atoms. The molecule has 2 aromatic carbocycles. The Kier molecular flexibility index (Phi) is 7.26. The fraction of sp³-hybridized carbons (Fsp3) is 0.480. The van der Waals surface area contributed by atoms with E-state index < -0.39 is 21.9 Å². The van der Waals surface area contributed by atoms with E-state index in [9.17, 15) is 17.6 Å². The van der Waals surface area contributed by atoms with Gasteiger partial charge in [-0.15, -0.1) is 0 Å². The highest BCUT2D eigenvalue weighted by Gasteiger charge is 2.37. The molecule has 1 N–H and O–H groups in total. The minimum Gasteiger partial charge on any atom is -0.353 e. The molecule has 7 heteroatoms. The zero-order chi connectivity index (χ0) is 22.6. The van der Waals surface area contributed by atoms with E-state index in [0.717, 1.165) is 48.9 Å². The normalized spacial score (nSPS) is 20.7. The molecule has 0 saturated heterocycles. The topological polar surface area (TPSA) is 66.5 Å². The number of hydrogen-bond donors (Lipinski definition) is 1. The zero-order valence-corrected chi connectivity index (χ0v) is 19.1. The summed E-state index contributed by atoms with van der Waals surface area (Å²) < 4.78 is 41.7. The van der Waals surface area contributed by atoms with Gasteiger partial charge >= 0.3 is 0 Å². The van der Waals surface area contributed by atoms with Crippen LogP contribution in [0.15, 0.2) is 53.4 Å². The summed E-state index contributed by atoms with van der Waals surface area (Å²) in [6, 6.07) is 12.2. The van der Waals surface area contributed by atoms with E-state index in [1.54, 1.807) is 0 Å². The van der Waals surface area contributed by atoms with Gasteiger partial charge in [0.1, 0.15) is 5.82 Å². The molecule has 1 atom stereocenters. The Bertz CT molecular complexity index is 1030. The van der Waals surface area contributed by atoms with E-state index in [1.165, 1.54) is 35.7 Å². The molecule has 2 aromatic rings. The molecule has 1 aliphatic carbocycles. The van der Waals surface area contributed by atoms with Crippen molar-refractivity contribution in [2.75, 3.05) is 6.54 Å². The molecule has 1 saturated carbocycles. The largest absolute Gasteiger partial charge is 0.353 e. The van der Waals surface area contributed by atoms with Crippen LogP contribution in [0.4, 0.5) is 4.39 Å². The predicted molar refractivity (Wildman–Crippen MR) is 122 cm³/mol. The maximum atomic E-state index is 13.4. The molecule has 0 unspecified atom stereocenters. The quantitative estimate of drug-likeness (QED) is 0.704. The van der Waals surface area contributed by atoms with Crippen molar-refractivity contribution in [2.45, 2.75) is 74.8 Å². The van der Waals surface area contributed by atoms with Crippen LogP contribution in [0.3, 0.4) is 0 Å². The van der Waals surface area contributed by atoms with Crippen LogP contribution in [0.5, 0.6) is 0 Å². The van der Waals surface area contributed by atoms with Gasteiger partial charge in [0, 0.05) is 19.0 Å². The number of sulfonamides is 1. The zero-order valence-electron chi connectivity index (χ0n) is 18.3. The number of fused-ring (bicyclic) bond motifs is 1. The summed E-state index contributed by atoms with van der Waals surface area (Å²) in [7, 11) is -3.87. The highest BCUT2D eigenvalue weighted by molar-refractivity contribution is 7.89. The van der Waals surface area contributed by atoms with Gasteiger partial charge in [-0.2, -0.15) is 4.31 Å². The van der Waals surface area contributed by atoms with Crippen LogP contribution >= 0.6 is 0 Å². The van der Waals surface area contributed by atoms with Gasteiger partial charge in [0.25, 0.3) is 0 Å². The van der Waals surface area contributed by atoms with Crippen LogP contribution in [-0.4, -0.2) is 31.2 Å². The van der Waals surface area contributed by atoms with E-state index in [1.807, 2.05) is 24.3 Å². The third-order valence-electron chi connectivity index (χ3n) is 6.63. The van der Waals surface area contributed by atoms with Crippen molar-refractivity contribution in [3.05, 3.63) is 65.5 Å². The van der Waals surface area contributed by atoms with Crippen molar-refractivity contribution in [2.24, 2.45) is 0 Å². The molecule has 5 nitrogen and oxygen atoms in total. The summed E-state index contributed by atoms with van der Waals surface area (Å²) in [5, 5.41) is 3.17. The number of rotatable bonds is 5. The summed E-state index contributed by atoms with van der Waals surface area (Å²) in [5.74, 6) is -0.598. The lowest BCUT2D eigenvalue weighted by molar-refractivity contribution is -0.122. The van der Waals surface area contributed by atoms with E-state index >= 15 is 0 Å². The Morgan fingerprint density at radius 3 is 2.34 bits per heavy atom. The van der Waals surface area contributed by atoms with E-state index in [4.69, 9.17) is 0 Å². The van der Waals surface area contributed by atoms with Gasteiger partial charge in [-0.3, -0.25) is 4.79 Å². The minimum atomic E-state index is -3.87. The number of hydrogen-bond acceptors (Lipinski definition) is 3. The van der Waals surface area contributed by atoms with Gasteiger partial charge in [0.05, 0.1) is 10.9 Å². The molecular weight excluding hydrogens is 427 g/mol. The van der Waals surface area contributed by atoms with Crippen LogP contribution < -0.4 is 5.32 Å².